The number of aromatic nitrogens is 1. The van der Waals surface area contributed by atoms with Crippen LogP contribution in [-0.2, 0) is 0 Å². The Kier molecular flexibility index (Phi) is 6.02. The second-order valence-corrected chi connectivity index (χ2v) is 13.8. The Labute approximate surface area is 319 Å². The lowest BCUT2D eigenvalue weighted by molar-refractivity contribution is 1.17. The first-order valence-electron chi connectivity index (χ1n) is 20.3. The van der Waals surface area contributed by atoms with Crippen molar-refractivity contribution in [2.24, 2.45) is 0 Å². The van der Waals surface area contributed by atoms with Crippen LogP contribution in [0, 0.1) is 0 Å². The van der Waals surface area contributed by atoms with Gasteiger partial charge in [0.2, 0.25) is 0 Å². The molecule has 2 nitrogen and oxygen atoms in total. The molecule has 11 aromatic rings. The largest absolute Gasteiger partial charge is 0.310 e. The van der Waals surface area contributed by atoms with Gasteiger partial charge in [-0.2, -0.15) is 0 Å². The lowest BCUT2D eigenvalue weighted by atomic mass is 9.93. The van der Waals surface area contributed by atoms with Crippen LogP contribution >= 0.6 is 0 Å². The van der Waals surface area contributed by atoms with E-state index in [-0.39, 0.29) is 35.5 Å². The Morgan fingerprint density at radius 1 is 0.370 bits per heavy atom. The molecular formula is C52H34N2. The summed E-state index contributed by atoms with van der Waals surface area (Å²) in [6.07, 6.45) is 0. The Balaban J connectivity index is 1.17. The van der Waals surface area contributed by atoms with Crippen molar-refractivity contribution in [3.8, 4) is 16.8 Å². The first-order valence-corrected chi connectivity index (χ1v) is 18.3. The fourth-order valence-corrected chi connectivity index (χ4v) is 8.38. The summed E-state index contributed by atoms with van der Waals surface area (Å²) < 4.78 is 40.8. The van der Waals surface area contributed by atoms with Crippen molar-refractivity contribution in [3.63, 3.8) is 0 Å². The third-order valence-electron chi connectivity index (χ3n) is 10.8. The molecule has 1 aromatic heterocycles. The van der Waals surface area contributed by atoms with Crippen LogP contribution in [0.4, 0.5) is 17.1 Å². The van der Waals surface area contributed by atoms with E-state index in [0.29, 0.717) is 0 Å². The van der Waals surface area contributed by atoms with Gasteiger partial charge in [-0.25, -0.2) is 0 Å². The maximum atomic E-state index is 9.79. The summed E-state index contributed by atoms with van der Waals surface area (Å²) in [4.78, 5) is 1.92. The second-order valence-electron chi connectivity index (χ2n) is 13.8. The minimum absolute atomic E-state index is 0.114. The van der Waals surface area contributed by atoms with E-state index in [1.165, 1.54) is 10.8 Å². The van der Waals surface area contributed by atoms with E-state index >= 15 is 0 Å². The number of fused-ring (bicyclic) bond motifs is 9. The number of benzene rings is 10. The second kappa shape index (κ2) is 12.2. The predicted octanol–water partition coefficient (Wildman–Crippen LogP) is 14.5. The van der Waals surface area contributed by atoms with Crippen LogP contribution in [0.3, 0.4) is 0 Å². The molecule has 0 amide bonds. The van der Waals surface area contributed by atoms with Crippen molar-refractivity contribution >= 4 is 82.0 Å². The molecule has 10 aromatic carbocycles. The summed E-state index contributed by atoms with van der Waals surface area (Å²) >= 11 is 0. The molecule has 0 unspecified atom stereocenters. The molecule has 0 fully saturated rings. The summed E-state index contributed by atoms with van der Waals surface area (Å²) in [5, 5.41) is 10.8. The quantitative estimate of drug-likeness (QED) is 0.163. The monoisotopic (exact) mass is 690 g/mol. The Hall–Kier alpha value is -7.16. The van der Waals surface area contributed by atoms with Gasteiger partial charge in [0.25, 0.3) is 0 Å². The lowest BCUT2D eigenvalue weighted by Crippen LogP contribution is -2.11. The van der Waals surface area contributed by atoms with Gasteiger partial charge in [0.05, 0.1) is 22.2 Å². The van der Waals surface area contributed by atoms with E-state index < -0.39 is 0 Å². The molecule has 0 saturated carbocycles. The number of nitrogens with zero attached hydrogens (tertiary/aromatic N) is 2. The van der Waals surface area contributed by atoms with Gasteiger partial charge < -0.3 is 9.47 Å². The van der Waals surface area contributed by atoms with Gasteiger partial charge in [-0.1, -0.05) is 146 Å². The van der Waals surface area contributed by atoms with Crippen molar-refractivity contribution in [1.82, 2.24) is 4.57 Å². The Morgan fingerprint density at radius 2 is 0.833 bits per heavy atom. The van der Waals surface area contributed by atoms with Crippen molar-refractivity contribution < 1.29 is 5.48 Å². The van der Waals surface area contributed by atoms with E-state index in [4.69, 9.17) is 0 Å². The molecule has 0 spiro atoms. The molecule has 11 rings (SSSR count). The van der Waals surface area contributed by atoms with E-state index in [2.05, 4.69) is 97.1 Å². The fraction of sp³-hybridized carbons (Fsp3) is 0. The van der Waals surface area contributed by atoms with Gasteiger partial charge in [-0.05, 0) is 109 Å². The van der Waals surface area contributed by atoms with Gasteiger partial charge in [0.15, 0.2) is 0 Å². The number of hydrogen-bond donors (Lipinski definition) is 0. The third kappa shape index (κ3) is 4.74. The number of hydrogen-bond acceptors (Lipinski definition) is 1. The molecule has 0 atom stereocenters. The SMILES string of the molecule is [2H]c1c([2H])c(-n2c3ccccc3c3ccccc32)c([2H])c([2H])c1N(c1ccc(-c2cc3ccccc3c3ccccc23)cc1)c1cc2ccccc2c2ccccc12. The summed E-state index contributed by atoms with van der Waals surface area (Å²) in [5.74, 6) is 0. The number of para-hydroxylation sites is 2. The van der Waals surface area contributed by atoms with Crippen LogP contribution in [0.2, 0.25) is 0 Å². The summed E-state index contributed by atoms with van der Waals surface area (Å²) in [6, 6.07) is 61.5. The molecule has 0 aliphatic rings. The minimum Gasteiger partial charge on any atom is -0.310 e. The molecule has 0 aliphatic carbocycles. The van der Waals surface area contributed by atoms with E-state index in [1.807, 2.05) is 94.4 Å². The maximum Gasteiger partial charge on any atom is 0.0646 e. The Bertz CT molecular complexity index is 3380. The van der Waals surface area contributed by atoms with Gasteiger partial charge >= 0.3 is 0 Å². The summed E-state index contributed by atoms with van der Waals surface area (Å²) in [7, 11) is 0. The van der Waals surface area contributed by atoms with Crippen molar-refractivity contribution in [2.45, 2.75) is 0 Å². The fourth-order valence-electron chi connectivity index (χ4n) is 8.38. The van der Waals surface area contributed by atoms with Crippen molar-refractivity contribution in [1.29, 1.82) is 0 Å². The molecule has 54 heavy (non-hydrogen) atoms. The van der Waals surface area contributed by atoms with Crippen LogP contribution in [0.5, 0.6) is 0 Å². The predicted molar refractivity (Wildman–Crippen MR) is 231 cm³/mol. The van der Waals surface area contributed by atoms with Crippen LogP contribution in [-0.4, -0.2) is 4.57 Å². The normalized spacial score (nSPS) is 12.7. The van der Waals surface area contributed by atoms with E-state index in [0.717, 1.165) is 76.6 Å². The zero-order valence-electron chi connectivity index (χ0n) is 33.2. The number of rotatable bonds is 5. The smallest absolute Gasteiger partial charge is 0.0646 e. The van der Waals surface area contributed by atoms with Crippen LogP contribution in [0.15, 0.2) is 206 Å². The summed E-state index contributed by atoms with van der Waals surface area (Å²) in [5.41, 5.74) is 5.70. The molecular weight excluding hydrogens is 653 g/mol. The minimum atomic E-state index is -0.125. The van der Waals surface area contributed by atoms with Crippen molar-refractivity contribution in [2.75, 3.05) is 4.90 Å². The maximum absolute atomic E-state index is 9.79. The molecule has 2 heteroatoms. The van der Waals surface area contributed by atoms with E-state index in [1.54, 1.807) is 0 Å². The number of anilines is 3. The van der Waals surface area contributed by atoms with Gasteiger partial charge in [0, 0.05) is 33.2 Å². The highest BCUT2D eigenvalue weighted by atomic mass is 15.1. The summed E-state index contributed by atoms with van der Waals surface area (Å²) in [6.45, 7) is 0. The molecule has 252 valence electrons. The average Bonchev–Trinajstić information content (AvgIpc) is 3.61. The molecule has 0 saturated heterocycles. The van der Waals surface area contributed by atoms with Gasteiger partial charge in [-0.15, -0.1) is 0 Å². The van der Waals surface area contributed by atoms with Gasteiger partial charge in [0.1, 0.15) is 0 Å². The molecule has 1 heterocycles. The highest BCUT2D eigenvalue weighted by Gasteiger charge is 2.19. The molecule has 0 aliphatic heterocycles. The van der Waals surface area contributed by atoms with Crippen LogP contribution < -0.4 is 4.90 Å². The first-order chi connectivity index (χ1) is 28.5. The zero-order chi connectivity index (χ0) is 39.1. The first kappa shape index (κ1) is 26.6. The van der Waals surface area contributed by atoms with Crippen molar-refractivity contribution in [3.05, 3.63) is 206 Å². The highest BCUT2D eigenvalue weighted by molar-refractivity contribution is 6.16. The highest BCUT2D eigenvalue weighted by Crippen LogP contribution is 2.44. The Morgan fingerprint density at radius 3 is 1.44 bits per heavy atom. The van der Waals surface area contributed by atoms with E-state index in [9.17, 15) is 5.48 Å². The van der Waals surface area contributed by atoms with Gasteiger partial charge in [-0.3, -0.25) is 0 Å². The van der Waals surface area contributed by atoms with Crippen LogP contribution in [0.25, 0.3) is 81.7 Å². The average molecular weight is 691 g/mol. The molecule has 0 N–H and O–H groups in total. The lowest BCUT2D eigenvalue weighted by Gasteiger charge is -2.28. The van der Waals surface area contributed by atoms with Crippen LogP contribution in [0.1, 0.15) is 5.48 Å². The standard InChI is InChI=1S/C52H34N2/c1-3-15-41-36(13-1)33-49(45-19-6-5-17-43(41)45)35-25-27-38(28-26-35)53(52-34-37-14-2-4-16-42(37)44-18-7-8-20-46(44)52)39-29-31-40(32-30-39)54-50-23-11-9-21-47(50)48-22-10-12-24-51(48)54/h1-34H/i29D,30D,31D,32D. The molecule has 0 radical (unpaired) electrons. The third-order valence-corrected chi connectivity index (χ3v) is 10.8. The molecule has 0 bridgehead atoms. The topological polar surface area (TPSA) is 8.17 Å². The zero-order valence-corrected chi connectivity index (χ0v) is 29.2.